The molecule has 1 aromatic carbocycles. The van der Waals surface area contributed by atoms with Gasteiger partial charge in [0.1, 0.15) is 5.82 Å². The number of benzene rings is 1. The third-order valence-electron chi connectivity index (χ3n) is 1.87. The van der Waals surface area contributed by atoms with E-state index >= 15 is 0 Å². The third kappa shape index (κ3) is 2.83. The average molecular weight is 256 g/mol. The van der Waals surface area contributed by atoms with Gasteiger partial charge < -0.3 is 5.73 Å². The molecule has 0 fully saturated rings. The zero-order chi connectivity index (χ0) is 10.6. The highest BCUT2D eigenvalue weighted by atomic mass is 79.9. The van der Waals surface area contributed by atoms with E-state index in [-0.39, 0.29) is 11.9 Å². The lowest BCUT2D eigenvalue weighted by Crippen LogP contribution is -2.09. The van der Waals surface area contributed by atoms with Crippen LogP contribution in [0.3, 0.4) is 0 Å². The fraction of sp³-hybridized carbons (Fsp3) is 0.273. The van der Waals surface area contributed by atoms with Crippen molar-refractivity contribution in [2.45, 2.75) is 19.4 Å². The summed E-state index contributed by atoms with van der Waals surface area (Å²) in [5, 5.41) is 0. The largest absolute Gasteiger partial charge is 0.323 e. The Morgan fingerprint density at radius 3 is 2.86 bits per heavy atom. The van der Waals surface area contributed by atoms with Crippen LogP contribution in [0.2, 0.25) is 0 Å². The van der Waals surface area contributed by atoms with Crippen molar-refractivity contribution in [3.63, 3.8) is 0 Å². The second-order valence-electron chi connectivity index (χ2n) is 2.91. The van der Waals surface area contributed by atoms with E-state index in [1.165, 1.54) is 6.07 Å². The lowest BCUT2D eigenvalue weighted by molar-refractivity contribution is 0.614. The highest BCUT2D eigenvalue weighted by molar-refractivity contribution is 9.10. The Bertz CT molecular complexity index is 379. The van der Waals surface area contributed by atoms with Crippen LogP contribution < -0.4 is 5.73 Å². The molecule has 0 saturated heterocycles. The van der Waals surface area contributed by atoms with Crippen molar-refractivity contribution in [1.29, 1.82) is 0 Å². The monoisotopic (exact) mass is 255 g/mol. The summed E-state index contributed by atoms with van der Waals surface area (Å²) in [5.74, 6) is 5.34. The van der Waals surface area contributed by atoms with Crippen LogP contribution in [-0.2, 0) is 0 Å². The standard InChI is InChI=1S/C11H11BrFN/c1-2-3-4-11(14)8-5-6-9(12)10(13)7-8/h5-7,11H,4,14H2,1H3. The minimum Gasteiger partial charge on any atom is -0.323 e. The van der Waals surface area contributed by atoms with Gasteiger partial charge in [-0.1, -0.05) is 6.07 Å². The first-order valence-electron chi connectivity index (χ1n) is 4.25. The molecule has 1 nitrogen and oxygen atoms in total. The van der Waals surface area contributed by atoms with Crippen molar-refractivity contribution >= 4 is 15.9 Å². The molecule has 0 aliphatic rings. The maximum atomic E-state index is 13.1. The van der Waals surface area contributed by atoms with E-state index in [1.807, 2.05) is 0 Å². The zero-order valence-electron chi connectivity index (χ0n) is 7.85. The van der Waals surface area contributed by atoms with Gasteiger partial charge >= 0.3 is 0 Å². The first-order valence-corrected chi connectivity index (χ1v) is 5.04. The Balaban J connectivity index is 2.83. The molecule has 0 amide bonds. The molecule has 1 atom stereocenters. The number of nitrogens with two attached hydrogens (primary N) is 1. The predicted molar refractivity (Wildman–Crippen MR) is 59.1 cm³/mol. The van der Waals surface area contributed by atoms with E-state index < -0.39 is 0 Å². The van der Waals surface area contributed by atoms with Gasteiger partial charge in [-0.15, -0.1) is 11.8 Å². The summed E-state index contributed by atoms with van der Waals surface area (Å²) in [7, 11) is 0. The van der Waals surface area contributed by atoms with Gasteiger partial charge in [-0.25, -0.2) is 4.39 Å². The van der Waals surface area contributed by atoms with Crippen LogP contribution in [0.15, 0.2) is 22.7 Å². The Morgan fingerprint density at radius 2 is 2.29 bits per heavy atom. The van der Waals surface area contributed by atoms with Crippen LogP contribution >= 0.6 is 15.9 Å². The first-order chi connectivity index (χ1) is 6.65. The summed E-state index contributed by atoms with van der Waals surface area (Å²) in [6.45, 7) is 1.76. The average Bonchev–Trinajstić information content (AvgIpc) is 2.18. The molecule has 0 saturated carbocycles. The molecule has 0 aliphatic heterocycles. The van der Waals surface area contributed by atoms with E-state index in [0.717, 1.165) is 5.56 Å². The van der Waals surface area contributed by atoms with Crippen LogP contribution in [0, 0.1) is 17.7 Å². The molecule has 1 unspecified atom stereocenters. The van der Waals surface area contributed by atoms with Crippen molar-refractivity contribution in [2.24, 2.45) is 5.73 Å². The van der Waals surface area contributed by atoms with E-state index in [4.69, 9.17) is 5.73 Å². The second-order valence-corrected chi connectivity index (χ2v) is 3.77. The van der Waals surface area contributed by atoms with E-state index in [1.54, 1.807) is 19.1 Å². The van der Waals surface area contributed by atoms with Crippen LogP contribution in [0.5, 0.6) is 0 Å². The zero-order valence-corrected chi connectivity index (χ0v) is 9.44. The minimum absolute atomic E-state index is 0.218. The first kappa shape index (κ1) is 11.2. The van der Waals surface area contributed by atoms with Gasteiger partial charge in [-0.2, -0.15) is 0 Å². The van der Waals surface area contributed by atoms with Gasteiger partial charge in [-0.3, -0.25) is 0 Å². The predicted octanol–water partition coefficient (Wildman–Crippen LogP) is 3.00. The lowest BCUT2D eigenvalue weighted by Gasteiger charge is -2.08. The number of hydrogen-bond donors (Lipinski definition) is 1. The molecule has 74 valence electrons. The third-order valence-corrected chi connectivity index (χ3v) is 2.51. The van der Waals surface area contributed by atoms with Crippen molar-refractivity contribution in [3.05, 3.63) is 34.1 Å². The van der Waals surface area contributed by atoms with Crippen molar-refractivity contribution in [3.8, 4) is 11.8 Å². The second kappa shape index (κ2) is 5.14. The van der Waals surface area contributed by atoms with Gasteiger partial charge in [0, 0.05) is 12.5 Å². The van der Waals surface area contributed by atoms with Gasteiger partial charge in [0.15, 0.2) is 0 Å². The molecule has 0 aromatic heterocycles. The molecular formula is C11H11BrFN. The van der Waals surface area contributed by atoms with E-state index in [9.17, 15) is 4.39 Å². The van der Waals surface area contributed by atoms with E-state index in [0.29, 0.717) is 10.9 Å². The molecular weight excluding hydrogens is 245 g/mol. The fourth-order valence-electron chi connectivity index (χ4n) is 1.07. The number of halogens is 2. The Morgan fingerprint density at radius 1 is 1.57 bits per heavy atom. The van der Waals surface area contributed by atoms with Crippen LogP contribution in [-0.4, -0.2) is 0 Å². The molecule has 0 aliphatic carbocycles. The highest BCUT2D eigenvalue weighted by Gasteiger charge is 2.06. The maximum Gasteiger partial charge on any atom is 0.137 e. The summed E-state index contributed by atoms with van der Waals surface area (Å²) < 4.78 is 13.6. The number of rotatable bonds is 2. The van der Waals surface area contributed by atoms with Crippen molar-refractivity contribution in [1.82, 2.24) is 0 Å². The van der Waals surface area contributed by atoms with Gasteiger partial charge in [-0.05, 0) is 40.5 Å². The van der Waals surface area contributed by atoms with Crippen LogP contribution in [0.25, 0.3) is 0 Å². The molecule has 1 rings (SSSR count). The Labute approximate surface area is 91.6 Å². The summed E-state index contributed by atoms with van der Waals surface area (Å²) in [6, 6.07) is 4.68. The molecule has 0 radical (unpaired) electrons. The molecule has 0 heterocycles. The quantitative estimate of drug-likeness (QED) is 0.809. The van der Waals surface area contributed by atoms with Gasteiger partial charge in [0.25, 0.3) is 0 Å². The summed E-state index contributed by atoms with van der Waals surface area (Å²) in [5.41, 5.74) is 6.59. The molecule has 1 aromatic rings. The Kier molecular flexibility index (Phi) is 4.12. The molecule has 0 spiro atoms. The topological polar surface area (TPSA) is 26.0 Å². The summed E-state index contributed by atoms with van der Waals surface area (Å²) in [4.78, 5) is 0. The SMILES string of the molecule is CC#CCC(N)c1ccc(Br)c(F)c1. The maximum absolute atomic E-state index is 13.1. The van der Waals surface area contributed by atoms with Crippen LogP contribution in [0.1, 0.15) is 24.9 Å². The summed E-state index contributed by atoms with van der Waals surface area (Å²) >= 11 is 3.09. The minimum atomic E-state index is -0.289. The van der Waals surface area contributed by atoms with Gasteiger partial charge in [0.2, 0.25) is 0 Å². The molecule has 0 bridgehead atoms. The highest BCUT2D eigenvalue weighted by Crippen LogP contribution is 2.20. The van der Waals surface area contributed by atoms with Crippen molar-refractivity contribution in [2.75, 3.05) is 0 Å². The molecule has 2 N–H and O–H groups in total. The van der Waals surface area contributed by atoms with Gasteiger partial charge in [0.05, 0.1) is 4.47 Å². The van der Waals surface area contributed by atoms with Crippen LogP contribution in [0.4, 0.5) is 4.39 Å². The number of hydrogen-bond acceptors (Lipinski definition) is 1. The summed E-state index contributed by atoms with van der Waals surface area (Å²) in [6.07, 6.45) is 0.553. The fourth-order valence-corrected chi connectivity index (χ4v) is 1.32. The normalized spacial score (nSPS) is 11.7. The lowest BCUT2D eigenvalue weighted by atomic mass is 10.1. The molecule has 14 heavy (non-hydrogen) atoms. The van der Waals surface area contributed by atoms with E-state index in [2.05, 4.69) is 27.8 Å². The molecule has 3 heteroatoms. The Hall–Kier alpha value is -0.850. The smallest absolute Gasteiger partial charge is 0.137 e. The van der Waals surface area contributed by atoms with Crippen molar-refractivity contribution < 1.29 is 4.39 Å².